The van der Waals surface area contributed by atoms with Gasteiger partial charge < -0.3 is 79.0 Å². The van der Waals surface area contributed by atoms with E-state index in [9.17, 15) is 58.2 Å². The van der Waals surface area contributed by atoms with Crippen molar-refractivity contribution in [2.75, 3.05) is 19.6 Å². The fraction of sp³-hybridized carbons (Fsp3) is 0.574. The zero-order valence-corrected chi connectivity index (χ0v) is 51.1. The zero-order valence-electron chi connectivity index (χ0n) is 51.1. The summed E-state index contributed by atoms with van der Waals surface area (Å²) in [6.45, 7) is 11.8. The Balaban J connectivity index is 1.43. The number of carbonyl (C=O) groups excluding carboxylic acids is 10. The summed E-state index contributed by atoms with van der Waals surface area (Å²) in [7, 11) is 0. The van der Waals surface area contributed by atoms with Crippen molar-refractivity contribution in [3.63, 3.8) is 0 Å². The summed E-state index contributed by atoms with van der Waals surface area (Å²) in [6, 6.07) is 1.71. The molecule has 0 spiro atoms. The first-order chi connectivity index (χ1) is 41.7. The number of aromatic amines is 1. The molecule has 3 saturated heterocycles. The van der Waals surface area contributed by atoms with Crippen molar-refractivity contribution in [3.05, 3.63) is 71.9 Å². The number of aliphatic hydroxyl groups is 1. The summed E-state index contributed by atoms with van der Waals surface area (Å²) in [6.07, 6.45) is -0.182. The standard InChI is InChI=1S/C61H88N14O13/c1-32(2)26-41-53(81)71-45(29-37-31-65-39-19-12-11-18-38(37)39)60(88)75-25-15-22-47(75)56(84)73-50(35(7)76)58(86)69-43(30-48(77)78)54(82)68-42(27-33(3)4)52(80)70-44(28-36-16-9-8-10-17-36)59(87)74-24-14-21-46(74)55(83)72-49(34(5)6)57(85)66-40(51(79)67-41)20-13-23-64-61(62)63/h8-12,16-19,31-35,40-47,49-50,65,76H,13-15,20-30H2,1-7H3,(H,66,85)(H,67,79)(H,68,82)(H,69,86)(H,70,80)(H,71,81)(H,72,83)(H,73,84)(H,77,78)(H4,62,63,64)/t35-,40+,41+,42+,43+,44-,45-,46+,47+,49+,50+/m1/s1. The number of nitrogens with one attached hydrogen (secondary N) is 9. The number of H-pyrrole nitrogens is 1. The number of carbonyl (C=O) groups is 11. The number of rotatable bonds is 16. The third-order valence-corrected chi connectivity index (χ3v) is 15.9. The summed E-state index contributed by atoms with van der Waals surface area (Å²) in [5, 5.41) is 43.2. The number of aromatic nitrogens is 1. The molecule has 6 rings (SSSR count). The van der Waals surface area contributed by atoms with Crippen LogP contribution in [-0.2, 0) is 65.6 Å². The lowest BCUT2D eigenvalue weighted by molar-refractivity contribution is -0.144. The number of hydrogen-bond acceptors (Lipinski definition) is 13. The van der Waals surface area contributed by atoms with Crippen LogP contribution in [0.15, 0.2) is 65.8 Å². The maximum atomic E-state index is 15.1. The van der Waals surface area contributed by atoms with Gasteiger partial charge in [-0.05, 0) is 93.2 Å². The molecule has 88 heavy (non-hydrogen) atoms. The minimum absolute atomic E-state index is 0.0139. The molecular formula is C61H88N14O13. The number of nitrogens with zero attached hydrogens (tertiary/aromatic N) is 3. The predicted octanol–water partition coefficient (Wildman–Crippen LogP) is -0.516. The Morgan fingerprint density at radius 2 is 1.03 bits per heavy atom. The summed E-state index contributed by atoms with van der Waals surface area (Å²) in [5.41, 5.74) is 13.2. The lowest BCUT2D eigenvalue weighted by atomic mass is 9.99. The van der Waals surface area contributed by atoms with E-state index in [-0.39, 0.29) is 88.8 Å². The van der Waals surface area contributed by atoms with Crippen molar-refractivity contribution in [1.82, 2.24) is 57.3 Å². The second kappa shape index (κ2) is 31.9. The number of aliphatic carboxylic acids is 1. The molecular weight excluding hydrogens is 1140 g/mol. The van der Waals surface area contributed by atoms with E-state index < -0.39 is 144 Å². The maximum absolute atomic E-state index is 15.1. The Hall–Kier alpha value is -8.62. The van der Waals surface area contributed by atoms with Gasteiger partial charge in [-0.25, -0.2) is 0 Å². The van der Waals surface area contributed by atoms with Gasteiger partial charge in [-0.1, -0.05) is 90.1 Å². The minimum Gasteiger partial charge on any atom is -0.481 e. The molecule has 0 radical (unpaired) electrons. The summed E-state index contributed by atoms with van der Waals surface area (Å²) in [5.74, 6) is -11.3. The second-order valence-electron chi connectivity index (χ2n) is 24.3. The highest BCUT2D eigenvalue weighted by atomic mass is 16.4. The van der Waals surface area contributed by atoms with Gasteiger partial charge in [0.15, 0.2) is 5.96 Å². The van der Waals surface area contributed by atoms with Crippen molar-refractivity contribution in [2.45, 2.75) is 186 Å². The molecule has 3 aliphatic heterocycles. The molecule has 0 bridgehead atoms. The van der Waals surface area contributed by atoms with Crippen LogP contribution in [0.1, 0.15) is 117 Å². The van der Waals surface area contributed by atoms with Crippen LogP contribution in [0.25, 0.3) is 10.9 Å². The van der Waals surface area contributed by atoms with Crippen LogP contribution >= 0.6 is 0 Å². The van der Waals surface area contributed by atoms with Gasteiger partial charge in [-0.3, -0.25) is 57.7 Å². The van der Waals surface area contributed by atoms with Gasteiger partial charge in [0, 0.05) is 49.6 Å². The van der Waals surface area contributed by atoms with E-state index >= 15 is 4.79 Å². The van der Waals surface area contributed by atoms with Crippen LogP contribution in [0.2, 0.25) is 0 Å². The molecule has 2 aromatic carbocycles. The first kappa shape index (κ1) is 68.5. The lowest BCUT2D eigenvalue weighted by Gasteiger charge is -2.32. The molecule has 0 aliphatic carbocycles. The zero-order chi connectivity index (χ0) is 64.5. The number of hydrogen-bond donors (Lipinski definition) is 13. The molecule has 0 unspecified atom stereocenters. The van der Waals surface area contributed by atoms with E-state index in [2.05, 4.69) is 52.5 Å². The summed E-state index contributed by atoms with van der Waals surface area (Å²) in [4.78, 5) is 168. The second-order valence-corrected chi connectivity index (χ2v) is 24.3. The Kier molecular flexibility index (Phi) is 24.8. The van der Waals surface area contributed by atoms with Crippen molar-refractivity contribution in [1.29, 1.82) is 0 Å². The highest BCUT2D eigenvalue weighted by Crippen LogP contribution is 2.25. The molecule has 15 N–H and O–H groups in total. The Morgan fingerprint density at radius 1 is 0.568 bits per heavy atom. The Bertz CT molecular complexity index is 3020. The van der Waals surface area contributed by atoms with Crippen LogP contribution < -0.4 is 54.0 Å². The minimum atomic E-state index is -1.89. The van der Waals surface area contributed by atoms with Gasteiger partial charge in [0.1, 0.15) is 60.4 Å². The van der Waals surface area contributed by atoms with E-state index in [0.29, 0.717) is 24.0 Å². The van der Waals surface area contributed by atoms with Crippen molar-refractivity contribution < 1.29 is 63.0 Å². The third kappa shape index (κ3) is 18.9. The summed E-state index contributed by atoms with van der Waals surface area (Å²) >= 11 is 0. The molecule has 1 aromatic heterocycles. The number of fused-ring (bicyclic) bond motifs is 3. The SMILES string of the molecule is CC(C)C[C@@H]1NC(=O)[C@H](CC(=O)O)NC(=O)[C@H]([C@@H](C)O)NC(=O)[C@@H]2CCCN2C(=O)[C@@H](Cc2c[nH]c3ccccc23)NC(=O)[C@H](CC(C)C)NC(=O)[C@H](CCCN=C(N)N)NC(=O)[C@H](C(C)C)NC(=O)[C@@H]2CCCN2C(=O)[C@@H](Cc2ccccc2)NC1=O. The number of nitrogens with two attached hydrogens (primary N) is 2. The highest BCUT2D eigenvalue weighted by Gasteiger charge is 2.44. The number of aliphatic imine (C=N–C) groups is 1. The Morgan fingerprint density at radius 3 is 1.56 bits per heavy atom. The monoisotopic (exact) mass is 1220 g/mol. The van der Waals surface area contributed by atoms with Crippen molar-refractivity contribution in [3.8, 4) is 0 Å². The number of carboxylic acid groups (broad SMARTS) is 1. The average molecular weight is 1230 g/mol. The fourth-order valence-corrected chi connectivity index (χ4v) is 11.4. The number of carboxylic acids is 1. The van der Waals surface area contributed by atoms with Crippen LogP contribution in [0, 0.1) is 17.8 Å². The molecule has 480 valence electrons. The normalized spacial score (nSPS) is 25.8. The number of guanidine groups is 1. The first-order valence-corrected chi connectivity index (χ1v) is 30.3. The van der Waals surface area contributed by atoms with Crippen LogP contribution in [-0.4, -0.2) is 182 Å². The van der Waals surface area contributed by atoms with Crippen LogP contribution in [0.4, 0.5) is 0 Å². The lowest BCUT2D eigenvalue weighted by Crippen LogP contribution is -2.62. The van der Waals surface area contributed by atoms with Gasteiger partial charge in [0.25, 0.3) is 0 Å². The molecule has 3 aliphatic rings. The van der Waals surface area contributed by atoms with E-state index in [1.807, 2.05) is 32.0 Å². The van der Waals surface area contributed by atoms with E-state index in [1.54, 1.807) is 70.3 Å². The van der Waals surface area contributed by atoms with Gasteiger partial charge in [0.2, 0.25) is 59.1 Å². The van der Waals surface area contributed by atoms with Gasteiger partial charge in [0.05, 0.1) is 12.5 Å². The predicted molar refractivity (Wildman–Crippen MR) is 325 cm³/mol. The van der Waals surface area contributed by atoms with Crippen LogP contribution in [0.5, 0.6) is 0 Å². The van der Waals surface area contributed by atoms with Crippen molar-refractivity contribution >= 4 is 81.9 Å². The van der Waals surface area contributed by atoms with Gasteiger partial charge >= 0.3 is 5.97 Å². The molecule has 27 heteroatoms. The van der Waals surface area contributed by atoms with Gasteiger partial charge in [-0.15, -0.1) is 0 Å². The number of aliphatic hydroxyl groups excluding tert-OH is 1. The molecule has 0 saturated carbocycles. The third-order valence-electron chi connectivity index (χ3n) is 15.9. The van der Waals surface area contributed by atoms with Crippen LogP contribution in [0.3, 0.4) is 0 Å². The molecule has 3 aromatic rings. The summed E-state index contributed by atoms with van der Waals surface area (Å²) < 4.78 is 0. The van der Waals surface area contributed by atoms with E-state index in [0.717, 1.165) is 10.9 Å². The quantitative estimate of drug-likeness (QED) is 0.0488. The van der Waals surface area contributed by atoms with Crippen molar-refractivity contribution in [2.24, 2.45) is 34.2 Å². The molecule has 11 atom stereocenters. The number of amides is 10. The Labute approximate surface area is 511 Å². The smallest absolute Gasteiger partial charge is 0.305 e. The van der Waals surface area contributed by atoms with E-state index in [4.69, 9.17) is 11.5 Å². The number of para-hydroxylation sites is 1. The van der Waals surface area contributed by atoms with E-state index in [1.165, 1.54) is 16.7 Å². The van der Waals surface area contributed by atoms with Gasteiger partial charge in [-0.2, -0.15) is 0 Å². The fourth-order valence-electron chi connectivity index (χ4n) is 11.4. The maximum Gasteiger partial charge on any atom is 0.305 e. The number of benzene rings is 2. The average Bonchev–Trinajstić information content (AvgIpc) is 3.32. The molecule has 3 fully saturated rings. The molecule has 10 amide bonds. The molecule has 27 nitrogen and oxygen atoms in total. The first-order valence-electron chi connectivity index (χ1n) is 30.3. The highest BCUT2D eigenvalue weighted by molar-refractivity contribution is 6.01. The largest absolute Gasteiger partial charge is 0.481 e. The molecule has 4 heterocycles. The topological polar surface area (TPSA) is 411 Å².